The number of aryl methyl sites for hydroxylation is 5. The van der Waals surface area contributed by atoms with E-state index in [0.717, 1.165) is 18.5 Å². The molecule has 2 aromatic rings. The lowest BCUT2D eigenvalue weighted by Gasteiger charge is -2.06. The Labute approximate surface area is 107 Å². The number of benzene rings is 1. The molecule has 0 amide bonds. The predicted octanol–water partition coefficient (Wildman–Crippen LogP) is 3.44. The molecule has 2 nitrogen and oxygen atoms in total. The van der Waals surface area contributed by atoms with Crippen LogP contribution in [0.4, 0.5) is 5.13 Å². The lowest BCUT2D eigenvalue weighted by molar-refractivity contribution is 0.950. The number of thiazole rings is 1. The fraction of sp³-hybridized carbons (Fsp3) is 0.357. The van der Waals surface area contributed by atoms with Crippen molar-refractivity contribution >= 4 is 16.5 Å². The SMILES string of the molecule is Cc1ccc(CCc2sc(N)nc2C)c(C)c1. The summed E-state index contributed by atoms with van der Waals surface area (Å²) < 4.78 is 0. The molecule has 0 unspecified atom stereocenters. The average Bonchev–Trinajstić information content (AvgIpc) is 2.56. The molecular formula is C14H18N2S. The van der Waals surface area contributed by atoms with Gasteiger partial charge in [-0.2, -0.15) is 0 Å². The Balaban J connectivity index is 2.10. The van der Waals surface area contributed by atoms with Crippen molar-refractivity contribution in [3.05, 3.63) is 45.5 Å². The minimum atomic E-state index is 0.679. The van der Waals surface area contributed by atoms with Gasteiger partial charge >= 0.3 is 0 Å². The monoisotopic (exact) mass is 246 g/mol. The van der Waals surface area contributed by atoms with Crippen molar-refractivity contribution in [2.45, 2.75) is 33.6 Å². The molecule has 0 bridgehead atoms. The third-order valence-corrected chi connectivity index (χ3v) is 4.08. The minimum absolute atomic E-state index is 0.679. The van der Waals surface area contributed by atoms with Gasteiger partial charge in [0.1, 0.15) is 0 Å². The Hall–Kier alpha value is -1.35. The maximum atomic E-state index is 5.71. The number of nitrogens with two attached hydrogens (primary N) is 1. The molecule has 0 radical (unpaired) electrons. The number of anilines is 1. The second-order valence-electron chi connectivity index (χ2n) is 4.49. The summed E-state index contributed by atoms with van der Waals surface area (Å²) in [6, 6.07) is 6.64. The van der Waals surface area contributed by atoms with Crippen LogP contribution < -0.4 is 5.73 Å². The molecule has 17 heavy (non-hydrogen) atoms. The van der Waals surface area contributed by atoms with Gasteiger partial charge in [-0.05, 0) is 44.7 Å². The molecule has 0 saturated heterocycles. The fourth-order valence-corrected chi connectivity index (χ4v) is 2.89. The van der Waals surface area contributed by atoms with E-state index in [1.54, 1.807) is 11.3 Å². The summed E-state index contributed by atoms with van der Waals surface area (Å²) in [5, 5.41) is 0.679. The van der Waals surface area contributed by atoms with E-state index >= 15 is 0 Å². The van der Waals surface area contributed by atoms with Gasteiger partial charge in [-0.15, -0.1) is 11.3 Å². The molecule has 90 valence electrons. The van der Waals surface area contributed by atoms with E-state index < -0.39 is 0 Å². The molecule has 0 aliphatic carbocycles. The zero-order chi connectivity index (χ0) is 12.4. The molecule has 1 aromatic carbocycles. The van der Waals surface area contributed by atoms with Gasteiger partial charge in [-0.25, -0.2) is 4.98 Å². The molecule has 0 atom stereocenters. The molecule has 2 N–H and O–H groups in total. The maximum Gasteiger partial charge on any atom is 0.180 e. The Morgan fingerprint density at radius 1 is 1.18 bits per heavy atom. The van der Waals surface area contributed by atoms with E-state index in [0.29, 0.717) is 5.13 Å². The highest BCUT2D eigenvalue weighted by Crippen LogP contribution is 2.22. The van der Waals surface area contributed by atoms with Gasteiger partial charge in [0.25, 0.3) is 0 Å². The molecule has 0 spiro atoms. The van der Waals surface area contributed by atoms with Crippen LogP contribution in [0.2, 0.25) is 0 Å². The summed E-state index contributed by atoms with van der Waals surface area (Å²) in [6.07, 6.45) is 2.10. The Bertz CT molecular complexity index is 529. The Morgan fingerprint density at radius 2 is 1.94 bits per heavy atom. The van der Waals surface area contributed by atoms with Crippen LogP contribution in [0.15, 0.2) is 18.2 Å². The van der Waals surface area contributed by atoms with Crippen LogP contribution in [0.5, 0.6) is 0 Å². The quantitative estimate of drug-likeness (QED) is 0.901. The van der Waals surface area contributed by atoms with Crippen LogP contribution in [0.3, 0.4) is 0 Å². The van der Waals surface area contributed by atoms with Gasteiger partial charge in [-0.3, -0.25) is 0 Å². The second-order valence-corrected chi connectivity index (χ2v) is 5.61. The number of hydrogen-bond donors (Lipinski definition) is 1. The van der Waals surface area contributed by atoms with Crippen LogP contribution >= 0.6 is 11.3 Å². The van der Waals surface area contributed by atoms with Gasteiger partial charge in [-0.1, -0.05) is 23.8 Å². The molecule has 0 aliphatic heterocycles. The number of nitrogen functional groups attached to an aromatic ring is 1. The van der Waals surface area contributed by atoms with Gasteiger partial charge in [0, 0.05) is 4.88 Å². The van der Waals surface area contributed by atoms with Crippen molar-refractivity contribution in [3.63, 3.8) is 0 Å². The fourth-order valence-electron chi connectivity index (χ4n) is 2.06. The number of nitrogens with zero attached hydrogens (tertiary/aromatic N) is 1. The van der Waals surface area contributed by atoms with Crippen molar-refractivity contribution in [1.82, 2.24) is 4.98 Å². The van der Waals surface area contributed by atoms with Crippen molar-refractivity contribution in [2.24, 2.45) is 0 Å². The molecule has 0 fully saturated rings. The topological polar surface area (TPSA) is 38.9 Å². The molecule has 0 saturated carbocycles. The highest BCUT2D eigenvalue weighted by atomic mass is 32.1. The molecule has 1 heterocycles. The smallest absolute Gasteiger partial charge is 0.180 e. The first-order chi connectivity index (χ1) is 8.06. The van der Waals surface area contributed by atoms with Gasteiger partial charge in [0.2, 0.25) is 0 Å². The zero-order valence-corrected chi connectivity index (χ0v) is 11.4. The normalized spacial score (nSPS) is 10.8. The number of rotatable bonds is 3. The summed E-state index contributed by atoms with van der Waals surface area (Å²) in [7, 11) is 0. The van der Waals surface area contributed by atoms with E-state index in [-0.39, 0.29) is 0 Å². The lowest BCUT2D eigenvalue weighted by Crippen LogP contribution is -1.94. The number of hydrogen-bond acceptors (Lipinski definition) is 3. The van der Waals surface area contributed by atoms with Crippen LogP contribution in [0.25, 0.3) is 0 Å². The maximum absolute atomic E-state index is 5.71. The molecule has 1 aromatic heterocycles. The first-order valence-corrected chi connectivity index (χ1v) is 6.66. The second kappa shape index (κ2) is 4.88. The van der Waals surface area contributed by atoms with Crippen LogP contribution in [-0.4, -0.2) is 4.98 Å². The minimum Gasteiger partial charge on any atom is -0.375 e. The van der Waals surface area contributed by atoms with Crippen LogP contribution in [0, 0.1) is 20.8 Å². The van der Waals surface area contributed by atoms with E-state index in [2.05, 4.69) is 37.0 Å². The first kappa shape index (κ1) is 12.1. The van der Waals surface area contributed by atoms with E-state index in [9.17, 15) is 0 Å². The predicted molar refractivity (Wildman–Crippen MR) is 74.6 cm³/mol. The molecular weight excluding hydrogens is 228 g/mol. The summed E-state index contributed by atoms with van der Waals surface area (Å²) in [5.41, 5.74) is 10.9. The summed E-state index contributed by atoms with van der Waals surface area (Å²) in [6.45, 7) is 6.34. The van der Waals surface area contributed by atoms with Crippen molar-refractivity contribution < 1.29 is 0 Å². The average molecular weight is 246 g/mol. The third kappa shape index (κ3) is 2.86. The highest BCUT2D eigenvalue weighted by molar-refractivity contribution is 7.15. The molecule has 2 rings (SSSR count). The third-order valence-electron chi connectivity index (χ3n) is 3.03. The van der Waals surface area contributed by atoms with E-state index in [1.165, 1.54) is 21.6 Å². The Morgan fingerprint density at radius 3 is 2.53 bits per heavy atom. The van der Waals surface area contributed by atoms with Crippen molar-refractivity contribution in [1.29, 1.82) is 0 Å². The summed E-state index contributed by atoms with van der Waals surface area (Å²) in [5.74, 6) is 0. The zero-order valence-electron chi connectivity index (χ0n) is 10.6. The van der Waals surface area contributed by atoms with E-state index in [4.69, 9.17) is 5.73 Å². The standard InChI is InChI=1S/C14H18N2S/c1-9-4-5-12(10(2)8-9)6-7-13-11(3)16-14(15)17-13/h4-5,8H,6-7H2,1-3H3,(H2,15,16). The number of aromatic nitrogens is 1. The molecule has 0 aliphatic rings. The van der Waals surface area contributed by atoms with Crippen molar-refractivity contribution in [3.8, 4) is 0 Å². The van der Waals surface area contributed by atoms with Crippen LogP contribution in [-0.2, 0) is 12.8 Å². The van der Waals surface area contributed by atoms with Crippen LogP contribution in [0.1, 0.15) is 27.3 Å². The van der Waals surface area contributed by atoms with E-state index in [1.807, 2.05) is 6.92 Å². The lowest BCUT2D eigenvalue weighted by atomic mass is 10.0. The first-order valence-electron chi connectivity index (χ1n) is 5.84. The largest absolute Gasteiger partial charge is 0.375 e. The van der Waals surface area contributed by atoms with Gasteiger partial charge in [0.05, 0.1) is 5.69 Å². The van der Waals surface area contributed by atoms with Gasteiger partial charge in [0.15, 0.2) is 5.13 Å². The highest BCUT2D eigenvalue weighted by Gasteiger charge is 2.06. The van der Waals surface area contributed by atoms with Gasteiger partial charge < -0.3 is 5.73 Å². The summed E-state index contributed by atoms with van der Waals surface area (Å²) >= 11 is 1.61. The summed E-state index contributed by atoms with van der Waals surface area (Å²) in [4.78, 5) is 5.56. The Kier molecular flexibility index (Phi) is 3.48. The van der Waals surface area contributed by atoms with Crippen molar-refractivity contribution in [2.75, 3.05) is 5.73 Å². The molecule has 3 heteroatoms.